The van der Waals surface area contributed by atoms with Crippen LogP contribution in [0.1, 0.15) is 67.1 Å². The van der Waals surface area contributed by atoms with Gasteiger partial charge in [-0.1, -0.05) is 13.0 Å². The zero-order valence-electron chi connectivity index (χ0n) is 18.5. The van der Waals surface area contributed by atoms with E-state index in [4.69, 9.17) is 9.15 Å². The van der Waals surface area contributed by atoms with Crippen molar-refractivity contribution in [2.45, 2.75) is 57.9 Å². The average molecular weight is 424 g/mol. The lowest BCUT2D eigenvalue weighted by atomic mass is 9.95. The molecule has 0 radical (unpaired) electrons. The van der Waals surface area contributed by atoms with Crippen molar-refractivity contribution in [3.8, 4) is 0 Å². The number of carbonyl (C=O) groups excluding carboxylic acids is 1. The molecule has 0 saturated heterocycles. The molecule has 3 aromatic rings. The fraction of sp³-hybridized carbons (Fsp3) is 0.478. The van der Waals surface area contributed by atoms with Crippen molar-refractivity contribution in [2.24, 2.45) is 0 Å². The molecular formula is C23H29N5O3. The third kappa shape index (κ3) is 4.54. The second kappa shape index (κ2) is 8.63. The normalized spacial score (nSPS) is 15.6. The first-order chi connectivity index (χ1) is 14.9. The van der Waals surface area contributed by atoms with Crippen molar-refractivity contribution in [2.75, 3.05) is 24.4 Å². The number of aromatic nitrogens is 3. The number of hydrogen-bond acceptors (Lipinski definition) is 7. The lowest BCUT2D eigenvalue weighted by molar-refractivity contribution is 0.102. The third-order valence-corrected chi connectivity index (χ3v) is 5.97. The Labute approximate surface area is 181 Å². The number of amides is 1. The number of nitrogens with one attached hydrogen (secondary N) is 2. The number of fused-ring (bicyclic) bond motifs is 1. The van der Waals surface area contributed by atoms with Crippen LogP contribution in [0.2, 0.25) is 0 Å². The standard InChI is InChI=1S/C23H29N5O3/c1-5-15(8-11-30-4)16-6-7-17(24-12-16)27-21(29)18-14(2)31-22-19(18)20(25-13-26-22)28-23(3)9-10-23/h6-7,12-13,15H,5,8-11H2,1-4H3,(H,24,27,29)(H,25,26,28). The van der Waals surface area contributed by atoms with Crippen LogP contribution in [-0.4, -0.2) is 40.1 Å². The van der Waals surface area contributed by atoms with Gasteiger partial charge in [0.1, 0.15) is 23.7 Å². The molecule has 1 fully saturated rings. The molecular weight excluding hydrogens is 394 g/mol. The van der Waals surface area contributed by atoms with Crippen molar-refractivity contribution in [3.63, 3.8) is 0 Å². The van der Waals surface area contributed by atoms with E-state index in [1.807, 2.05) is 18.3 Å². The van der Waals surface area contributed by atoms with Crippen molar-refractivity contribution < 1.29 is 13.9 Å². The van der Waals surface area contributed by atoms with Gasteiger partial charge in [0, 0.05) is 25.5 Å². The minimum atomic E-state index is -0.290. The zero-order chi connectivity index (χ0) is 22.0. The molecule has 2 N–H and O–H groups in total. The Morgan fingerprint density at radius 2 is 2.10 bits per heavy atom. The fourth-order valence-corrected chi connectivity index (χ4v) is 3.78. The predicted octanol–water partition coefficient (Wildman–Crippen LogP) is 4.67. The summed E-state index contributed by atoms with van der Waals surface area (Å²) in [5.41, 5.74) is 1.98. The third-order valence-electron chi connectivity index (χ3n) is 5.97. The molecule has 3 heterocycles. The number of nitrogens with zero attached hydrogens (tertiary/aromatic N) is 3. The van der Waals surface area contributed by atoms with Crippen LogP contribution < -0.4 is 10.6 Å². The van der Waals surface area contributed by atoms with Crippen LogP contribution in [0.15, 0.2) is 29.1 Å². The number of hydrogen-bond donors (Lipinski definition) is 2. The molecule has 8 heteroatoms. The Hall–Kier alpha value is -3.00. The van der Waals surface area contributed by atoms with Crippen LogP contribution in [0.25, 0.3) is 11.1 Å². The predicted molar refractivity (Wildman–Crippen MR) is 120 cm³/mol. The molecule has 0 aliphatic heterocycles. The van der Waals surface area contributed by atoms with Crippen LogP contribution in [0.5, 0.6) is 0 Å². The Morgan fingerprint density at radius 1 is 1.29 bits per heavy atom. The molecule has 1 saturated carbocycles. The molecule has 3 aromatic heterocycles. The van der Waals surface area contributed by atoms with Crippen molar-refractivity contribution in [3.05, 3.63) is 41.5 Å². The summed E-state index contributed by atoms with van der Waals surface area (Å²) in [7, 11) is 1.71. The van der Waals surface area contributed by atoms with E-state index in [1.54, 1.807) is 14.0 Å². The zero-order valence-corrected chi connectivity index (χ0v) is 18.5. The molecule has 4 rings (SSSR count). The fourth-order valence-electron chi connectivity index (χ4n) is 3.78. The molecule has 0 spiro atoms. The number of rotatable bonds is 9. The van der Waals surface area contributed by atoms with Gasteiger partial charge in [0.2, 0.25) is 5.71 Å². The van der Waals surface area contributed by atoms with E-state index in [1.165, 1.54) is 6.33 Å². The number of furan rings is 1. The second-order valence-electron chi connectivity index (χ2n) is 8.44. The summed E-state index contributed by atoms with van der Waals surface area (Å²) < 4.78 is 11.0. The molecule has 0 aromatic carbocycles. The molecule has 164 valence electrons. The van der Waals surface area contributed by atoms with Gasteiger partial charge in [-0.15, -0.1) is 0 Å². The van der Waals surface area contributed by atoms with Crippen molar-refractivity contribution >= 4 is 28.6 Å². The van der Waals surface area contributed by atoms with Gasteiger partial charge in [0.25, 0.3) is 5.91 Å². The summed E-state index contributed by atoms with van der Waals surface area (Å²) in [6.45, 7) is 6.76. The van der Waals surface area contributed by atoms with Crippen molar-refractivity contribution in [1.29, 1.82) is 0 Å². The number of anilines is 2. The van der Waals surface area contributed by atoms with E-state index in [2.05, 4.69) is 39.4 Å². The number of methoxy groups -OCH3 is 1. The highest BCUT2D eigenvalue weighted by Gasteiger charge is 2.38. The first kappa shape index (κ1) is 21.2. The first-order valence-corrected chi connectivity index (χ1v) is 10.7. The van der Waals surface area contributed by atoms with Gasteiger partial charge in [0.15, 0.2) is 0 Å². The van der Waals surface area contributed by atoms with Gasteiger partial charge in [-0.05, 0) is 57.1 Å². The van der Waals surface area contributed by atoms with Crippen LogP contribution in [0, 0.1) is 6.92 Å². The van der Waals surface area contributed by atoms with Gasteiger partial charge >= 0.3 is 0 Å². The maximum absolute atomic E-state index is 13.1. The van der Waals surface area contributed by atoms with E-state index in [0.29, 0.717) is 46.6 Å². The maximum Gasteiger partial charge on any atom is 0.261 e. The summed E-state index contributed by atoms with van der Waals surface area (Å²) in [4.78, 5) is 26.2. The van der Waals surface area contributed by atoms with Crippen LogP contribution >= 0.6 is 0 Å². The topological polar surface area (TPSA) is 102 Å². The van der Waals surface area contributed by atoms with E-state index in [9.17, 15) is 4.79 Å². The highest BCUT2D eigenvalue weighted by Crippen LogP contribution is 2.40. The molecule has 31 heavy (non-hydrogen) atoms. The summed E-state index contributed by atoms with van der Waals surface area (Å²) >= 11 is 0. The highest BCUT2D eigenvalue weighted by atomic mass is 16.5. The van der Waals surface area contributed by atoms with Crippen LogP contribution in [0.3, 0.4) is 0 Å². The Balaban J connectivity index is 1.57. The minimum Gasteiger partial charge on any atom is -0.442 e. The van der Waals surface area contributed by atoms with E-state index in [0.717, 1.165) is 31.2 Å². The lowest BCUT2D eigenvalue weighted by Crippen LogP contribution is -2.19. The second-order valence-corrected chi connectivity index (χ2v) is 8.44. The molecule has 1 aliphatic carbocycles. The Kier molecular flexibility index (Phi) is 5.91. The van der Waals surface area contributed by atoms with Crippen LogP contribution in [0.4, 0.5) is 11.6 Å². The highest BCUT2D eigenvalue weighted by molar-refractivity contribution is 6.15. The molecule has 0 bridgehead atoms. The van der Waals surface area contributed by atoms with Crippen LogP contribution in [-0.2, 0) is 4.74 Å². The Morgan fingerprint density at radius 3 is 2.74 bits per heavy atom. The summed E-state index contributed by atoms with van der Waals surface area (Å²) in [5, 5.41) is 6.93. The van der Waals surface area contributed by atoms with Gasteiger partial charge in [-0.2, -0.15) is 0 Å². The van der Waals surface area contributed by atoms with E-state index in [-0.39, 0.29) is 11.4 Å². The van der Waals surface area contributed by atoms with Gasteiger partial charge in [0.05, 0.1) is 10.9 Å². The van der Waals surface area contributed by atoms with Crippen molar-refractivity contribution in [1.82, 2.24) is 15.0 Å². The molecule has 1 unspecified atom stereocenters. The number of pyridine rings is 1. The average Bonchev–Trinajstić information content (AvgIpc) is 3.37. The molecule has 1 amide bonds. The molecule has 1 atom stereocenters. The summed E-state index contributed by atoms with van der Waals surface area (Å²) in [6, 6.07) is 3.85. The quantitative estimate of drug-likeness (QED) is 0.515. The maximum atomic E-state index is 13.1. The largest absolute Gasteiger partial charge is 0.442 e. The number of carbonyl (C=O) groups is 1. The molecule has 1 aliphatic rings. The SMILES string of the molecule is CCC(CCOC)c1ccc(NC(=O)c2c(C)oc3ncnc(NC4(C)CC4)c23)nc1. The Bertz CT molecular complexity index is 1070. The number of aryl methyl sites for hydroxylation is 1. The molecule has 8 nitrogen and oxygen atoms in total. The van der Waals surface area contributed by atoms with E-state index < -0.39 is 0 Å². The van der Waals surface area contributed by atoms with E-state index >= 15 is 0 Å². The lowest BCUT2D eigenvalue weighted by Gasteiger charge is -2.15. The van der Waals surface area contributed by atoms with Gasteiger partial charge in [-0.3, -0.25) is 4.79 Å². The minimum absolute atomic E-state index is 0.0101. The summed E-state index contributed by atoms with van der Waals surface area (Å²) in [5.74, 6) is 1.71. The summed E-state index contributed by atoms with van der Waals surface area (Å²) in [6.07, 6.45) is 7.35. The van der Waals surface area contributed by atoms with Gasteiger partial charge in [-0.25, -0.2) is 15.0 Å². The first-order valence-electron chi connectivity index (χ1n) is 10.7. The number of ether oxygens (including phenoxy) is 1. The smallest absolute Gasteiger partial charge is 0.261 e. The van der Waals surface area contributed by atoms with Gasteiger partial charge < -0.3 is 19.8 Å². The monoisotopic (exact) mass is 423 g/mol.